The minimum absolute atomic E-state index is 0.249. The van der Waals surface area contributed by atoms with Crippen LogP contribution in [0.4, 0.5) is 5.13 Å². The van der Waals surface area contributed by atoms with Gasteiger partial charge in [-0.05, 0) is 50.1 Å². The predicted molar refractivity (Wildman–Crippen MR) is 119 cm³/mol. The highest BCUT2D eigenvalue weighted by atomic mass is 32.1. The number of hydrogen-bond donors (Lipinski definition) is 1. The summed E-state index contributed by atoms with van der Waals surface area (Å²) in [5.74, 6) is 1.08. The molecule has 150 valence electrons. The average molecular weight is 409 g/mol. The SMILES string of the molecule is COc1ccc(/C=C/C(=O)Nc2nc(-c3c(C)cc(C)cc3C)cs2)c(OC)c1. The van der Waals surface area contributed by atoms with Crippen molar-refractivity contribution in [1.29, 1.82) is 0 Å². The van der Waals surface area contributed by atoms with Gasteiger partial charge in [-0.1, -0.05) is 17.7 Å². The Morgan fingerprint density at radius 3 is 2.45 bits per heavy atom. The molecule has 0 spiro atoms. The Bertz CT molecular complexity index is 1050. The molecule has 1 N–H and O–H groups in total. The molecule has 0 saturated heterocycles. The second-order valence-electron chi connectivity index (χ2n) is 6.74. The molecule has 2 aromatic carbocycles. The Labute approximate surface area is 175 Å². The first kappa shape index (κ1) is 20.6. The van der Waals surface area contributed by atoms with Crippen LogP contribution >= 0.6 is 11.3 Å². The summed E-state index contributed by atoms with van der Waals surface area (Å²) in [6.07, 6.45) is 3.17. The van der Waals surface area contributed by atoms with E-state index in [0.29, 0.717) is 16.6 Å². The lowest BCUT2D eigenvalue weighted by molar-refractivity contribution is -0.111. The number of amides is 1. The normalized spacial score (nSPS) is 10.9. The van der Waals surface area contributed by atoms with E-state index in [9.17, 15) is 4.79 Å². The second kappa shape index (κ2) is 8.92. The summed E-state index contributed by atoms with van der Waals surface area (Å²) in [6.45, 7) is 6.25. The van der Waals surface area contributed by atoms with Crippen LogP contribution in [0.5, 0.6) is 11.5 Å². The third-order valence-electron chi connectivity index (χ3n) is 4.52. The lowest BCUT2D eigenvalue weighted by Crippen LogP contribution is -2.07. The number of hydrogen-bond acceptors (Lipinski definition) is 5. The van der Waals surface area contributed by atoms with Crippen LogP contribution in [-0.2, 0) is 4.79 Å². The van der Waals surface area contributed by atoms with Crippen molar-refractivity contribution in [1.82, 2.24) is 4.98 Å². The molecule has 0 aliphatic carbocycles. The highest BCUT2D eigenvalue weighted by Crippen LogP contribution is 2.31. The van der Waals surface area contributed by atoms with Crippen molar-refractivity contribution in [3.63, 3.8) is 0 Å². The summed E-state index contributed by atoms with van der Waals surface area (Å²) >= 11 is 1.41. The van der Waals surface area contributed by atoms with E-state index in [1.807, 2.05) is 17.5 Å². The average Bonchev–Trinajstić information content (AvgIpc) is 3.13. The molecule has 0 aliphatic rings. The van der Waals surface area contributed by atoms with E-state index in [-0.39, 0.29) is 5.91 Å². The molecule has 0 unspecified atom stereocenters. The van der Waals surface area contributed by atoms with Crippen LogP contribution in [0.2, 0.25) is 0 Å². The van der Waals surface area contributed by atoms with E-state index in [1.54, 1.807) is 26.4 Å². The van der Waals surface area contributed by atoms with Crippen molar-refractivity contribution < 1.29 is 14.3 Å². The summed E-state index contributed by atoms with van der Waals surface area (Å²) in [4.78, 5) is 16.9. The standard InChI is InChI=1S/C23H24N2O3S/c1-14-10-15(2)22(16(3)11-14)19-13-29-23(24-19)25-21(26)9-7-17-6-8-18(27-4)12-20(17)28-5/h6-13H,1-5H3,(H,24,25,26)/b9-7+. The Morgan fingerprint density at radius 1 is 1.07 bits per heavy atom. The molecule has 0 radical (unpaired) electrons. The van der Waals surface area contributed by atoms with Gasteiger partial charge in [0, 0.05) is 28.6 Å². The van der Waals surface area contributed by atoms with Gasteiger partial charge in [-0.15, -0.1) is 11.3 Å². The van der Waals surface area contributed by atoms with Crippen LogP contribution in [0.1, 0.15) is 22.3 Å². The van der Waals surface area contributed by atoms with Crippen molar-refractivity contribution >= 4 is 28.5 Å². The van der Waals surface area contributed by atoms with Gasteiger partial charge in [0.15, 0.2) is 5.13 Å². The molecule has 0 aliphatic heterocycles. The largest absolute Gasteiger partial charge is 0.497 e. The number of rotatable bonds is 6. The minimum Gasteiger partial charge on any atom is -0.497 e. The number of benzene rings is 2. The first-order chi connectivity index (χ1) is 13.9. The number of carbonyl (C=O) groups is 1. The van der Waals surface area contributed by atoms with Gasteiger partial charge in [0.1, 0.15) is 11.5 Å². The lowest BCUT2D eigenvalue weighted by atomic mass is 9.98. The third kappa shape index (κ3) is 4.84. The van der Waals surface area contributed by atoms with E-state index in [2.05, 4.69) is 43.2 Å². The Balaban J connectivity index is 1.74. The van der Waals surface area contributed by atoms with Gasteiger partial charge in [0.05, 0.1) is 19.9 Å². The molecular formula is C23H24N2O3S. The maximum atomic E-state index is 12.3. The van der Waals surface area contributed by atoms with Gasteiger partial charge in [0.2, 0.25) is 5.91 Å². The maximum absolute atomic E-state index is 12.3. The van der Waals surface area contributed by atoms with Gasteiger partial charge in [0.25, 0.3) is 0 Å². The molecular weight excluding hydrogens is 384 g/mol. The number of thiazole rings is 1. The van der Waals surface area contributed by atoms with Crippen molar-refractivity contribution in [3.05, 3.63) is 64.0 Å². The van der Waals surface area contributed by atoms with Crippen molar-refractivity contribution in [2.45, 2.75) is 20.8 Å². The summed E-state index contributed by atoms with van der Waals surface area (Å²) in [5, 5.41) is 5.36. The maximum Gasteiger partial charge on any atom is 0.250 e. The number of aryl methyl sites for hydroxylation is 3. The molecule has 0 fully saturated rings. The molecule has 0 atom stereocenters. The molecule has 6 heteroatoms. The van der Waals surface area contributed by atoms with E-state index in [0.717, 1.165) is 16.8 Å². The van der Waals surface area contributed by atoms with Crippen molar-refractivity contribution in [2.24, 2.45) is 0 Å². The molecule has 1 amide bonds. The van der Waals surface area contributed by atoms with Crippen LogP contribution in [0, 0.1) is 20.8 Å². The fourth-order valence-corrected chi connectivity index (χ4v) is 4.00. The zero-order chi connectivity index (χ0) is 21.0. The summed E-state index contributed by atoms with van der Waals surface area (Å²) in [6, 6.07) is 9.72. The molecule has 5 nitrogen and oxygen atoms in total. The number of nitrogens with zero attached hydrogens (tertiary/aromatic N) is 1. The molecule has 3 aromatic rings. The second-order valence-corrected chi connectivity index (χ2v) is 7.60. The zero-order valence-electron chi connectivity index (χ0n) is 17.2. The molecule has 0 saturated carbocycles. The number of methoxy groups -OCH3 is 2. The number of carbonyl (C=O) groups excluding carboxylic acids is 1. The molecule has 1 heterocycles. The van der Waals surface area contributed by atoms with E-state index < -0.39 is 0 Å². The van der Waals surface area contributed by atoms with Crippen LogP contribution < -0.4 is 14.8 Å². The van der Waals surface area contributed by atoms with Gasteiger partial charge in [-0.3, -0.25) is 10.1 Å². The molecule has 29 heavy (non-hydrogen) atoms. The van der Waals surface area contributed by atoms with E-state index >= 15 is 0 Å². The summed E-state index contributed by atoms with van der Waals surface area (Å²) in [5.41, 5.74) is 6.36. The third-order valence-corrected chi connectivity index (χ3v) is 5.28. The Hall–Kier alpha value is -3.12. The first-order valence-electron chi connectivity index (χ1n) is 9.16. The summed E-state index contributed by atoms with van der Waals surface area (Å²) in [7, 11) is 3.18. The summed E-state index contributed by atoms with van der Waals surface area (Å²) < 4.78 is 10.5. The van der Waals surface area contributed by atoms with Gasteiger partial charge in [-0.2, -0.15) is 0 Å². The van der Waals surface area contributed by atoms with Gasteiger partial charge < -0.3 is 9.47 Å². The van der Waals surface area contributed by atoms with Gasteiger partial charge >= 0.3 is 0 Å². The van der Waals surface area contributed by atoms with E-state index in [4.69, 9.17) is 9.47 Å². The fourth-order valence-electron chi connectivity index (χ4n) is 3.30. The number of ether oxygens (including phenoxy) is 2. The number of anilines is 1. The van der Waals surface area contributed by atoms with Crippen LogP contribution in [0.3, 0.4) is 0 Å². The van der Waals surface area contributed by atoms with Gasteiger partial charge in [-0.25, -0.2) is 4.98 Å². The Kier molecular flexibility index (Phi) is 6.34. The lowest BCUT2D eigenvalue weighted by Gasteiger charge is -2.08. The van der Waals surface area contributed by atoms with Crippen LogP contribution in [0.15, 0.2) is 41.8 Å². The van der Waals surface area contributed by atoms with Crippen molar-refractivity contribution in [3.8, 4) is 22.8 Å². The van der Waals surface area contributed by atoms with Crippen molar-refractivity contribution in [2.75, 3.05) is 19.5 Å². The smallest absolute Gasteiger partial charge is 0.250 e. The predicted octanol–water partition coefficient (Wildman–Crippen LogP) is 5.40. The first-order valence-corrected chi connectivity index (χ1v) is 10.0. The molecule has 0 bridgehead atoms. The fraction of sp³-hybridized carbons (Fsp3) is 0.217. The molecule has 3 rings (SSSR count). The number of nitrogens with one attached hydrogen (secondary N) is 1. The number of aromatic nitrogens is 1. The topological polar surface area (TPSA) is 60.5 Å². The van der Waals surface area contributed by atoms with E-state index in [1.165, 1.54) is 34.1 Å². The highest BCUT2D eigenvalue weighted by molar-refractivity contribution is 7.14. The van der Waals surface area contributed by atoms with Crippen LogP contribution in [0.25, 0.3) is 17.3 Å². The monoisotopic (exact) mass is 408 g/mol. The zero-order valence-corrected chi connectivity index (χ0v) is 18.0. The highest BCUT2D eigenvalue weighted by Gasteiger charge is 2.12. The van der Waals surface area contributed by atoms with Crippen LogP contribution in [-0.4, -0.2) is 25.1 Å². The Morgan fingerprint density at radius 2 is 1.79 bits per heavy atom. The quantitative estimate of drug-likeness (QED) is 0.555. The molecule has 1 aromatic heterocycles. The minimum atomic E-state index is -0.249.